The van der Waals surface area contributed by atoms with Crippen LogP contribution in [0.15, 0.2) is 10.5 Å². The number of rotatable bonds is 4. The predicted octanol–water partition coefficient (Wildman–Crippen LogP) is 4.20. The third-order valence-electron chi connectivity index (χ3n) is 3.96. The van der Waals surface area contributed by atoms with Gasteiger partial charge in [0.05, 0.1) is 0 Å². The number of aryl methyl sites for hydroxylation is 1. The molecule has 0 amide bonds. The Hall–Kier alpha value is 0.100. The Morgan fingerprint density at radius 2 is 2.26 bits per heavy atom. The molecule has 0 saturated carbocycles. The molecule has 2 nitrogen and oxygen atoms in total. The zero-order valence-corrected chi connectivity index (χ0v) is 14.8. The molecule has 2 atom stereocenters. The van der Waals surface area contributed by atoms with Crippen LogP contribution < -0.4 is 5.32 Å². The fraction of sp³-hybridized carbons (Fsp3) is 0.733. The van der Waals surface area contributed by atoms with Crippen molar-refractivity contribution in [3.05, 3.63) is 20.3 Å². The third kappa shape index (κ3) is 3.81. The molecule has 0 aliphatic carbocycles. The van der Waals surface area contributed by atoms with Crippen LogP contribution in [0.2, 0.25) is 0 Å². The van der Waals surface area contributed by atoms with Gasteiger partial charge in [0, 0.05) is 32.9 Å². The van der Waals surface area contributed by atoms with Gasteiger partial charge in [0.1, 0.15) is 0 Å². The van der Waals surface area contributed by atoms with Crippen molar-refractivity contribution in [3.63, 3.8) is 0 Å². The van der Waals surface area contributed by atoms with Gasteiger partial charge < -0.3 is 5.32 Å². The number of nitrogens with one attached hydrogen (secondary N) is 1. The zero-order chi connectivity index (χ0) is 14.0. The normalized spacial score (nSPS) is 25.2. The molecule has 1 aromatic heterocycles. The van der Waals surface area contributed by atoms with Crippen LogP contribution in [0.5, 0.6) is 0 Å². The minimum atomic E-state index is 0.574. The number of hydrogen-bond acceptors (Lipinski definition) is 3. The highest BCUT2D eigenvalue weighted by atomic mass is 79.9. The Balaban J connectivity index is 2.15. The second-order valence-corrected chi connectivity index (χ2v) is 8.09. The van der Waals surface area contributed by atoms with Crippen LogP contribution in [0.4, 0.5) is 0 Å². The summed E-state index contributed by atoms with van der Waals surface area (Å²) in [5, 5.41) is 3.62. The predicted molar refractivity (Wildman–Crippen MR) is 88.0 cm³/mol. The van der Waals surface area contributed by atoms with Crippen LogP contribution in [-0.2, 0) is 0 Å². The lowest BCUT2D eigenvalue weighted by Crippen LogP contribution is -2.41. The molecule has 0 bridgehead atoms. The Labute approximate surface area is 129 Å². The van der Waals surface area contributed by atoms with Crippen molar-refractivity contribution in [1.82, 2.24) is 10.2 Å². The van der Waals surface area contributed by atoms with Crippen molar-refractivity contribution in [2.75, 3.05) is 20.1 Å². The van der Waals surface area contributed by atoms with Crippen LogP contribution >= 0.6 is 27.3 Å². The summed E-state index contributed by atoms with van der Waals surface area (Å²) in [5.41, 5.74) is 0. The van der Waals surface area contributed by atoms with Gasteiger partial charge in [-0.1, -0.05) is 13.8 Å². The summed E-state index contributed by atoms with van der Waals surface area (Å²) >= 11 is 5.61. The van der Waals surface area contributed by atoms with Crippen LogP contribution in [-0.4, -0.2) is 31.1 Å². The molecule has 108 valence electrons. The lowest BCUT2D eigenvalue weighted by Gasteiger charge is -2.39. The molecule has 1 N–H and O–H groups in total. The average molecular weight is 345 g/mol. The topological polar surface area (TPSA) is 15.3 Å². The Morgan fingerprint density at radius 1 is 1.53 bits per heavy atom. The Kier molecular flexibility index (Phi) is 5.46. The second kappa shape index (κ2) is 6.70. The van der Waals surface area contributed by atoms with E-state index in [1.165, 1.54) is 33.6 Å². The minimum absolute atomic E-state index is 0.574. The highest BCUT2D eigenvalue weighted by Gasteiger charge is 2.31. The smallest absolute Gasteiger partial charge is 0.0479 e. The molecular formula is C15H25BrN2S. The zero-order valence-electron chi connectivity index (χ0n) is 12.4. The maximum Gasteiger partial charge on any atom is 0.0479 e. The molecule has 0 radical (unpaired) electrons. The van der Waals surface area contributed by atoms with E-state index in [1.807, 2.05) is 11.3 Å². The molecule has 1 aromatic rings. The van der Waals surface area contributed by atoms with Crippen molar-refractivity contribution in [1.29, 1.82) is 0 Å². The van der Waals surface area contributed by atoms with Gasteiger partial charge in [-0.3, -0.25) is 4.90 Å². The summed E-state index contributed by atoms with van der Waals surface area (Å²) in [6.45, 7) is 9.00. The third-order valence-corrected chi connectivity index (χ3v) is 6.17. The van der Waals surface area contributed by atoms with E-state index < -0.39 is 0 Å². The number of thiophene rings is 1. The van der Waals surface area contributed by atoms with Crippen molar-refractivity contribution >= 4 is 27.3 Å². The van der Waals surface area contributed by atoms with Crippen molar-refractivity contribution in [3.8, 4) is 0 Å². The largest absolute Gasteiger partial charge is 0.314 e. The molecule has 1 aliphatic heterocycles. The van der Waals surface area contributed by atoms with Crippen molar-refractivity contribution in [2.24, 2.45) is 5.92 Å². The molecule has 4 heteroatoms. The van der Waals surface area contributed by atoms with Crippen LogP contribution in [0, 0.1) is 12.8 Å². The van der Waals surface area contributed by atoms with E-state index in [4.69, 9.17) is 0 Å². The number of hydrogen-bond donors (Lipinski definition) is 1. The van der Waals surface area contributed by atoms with Gasteiger partial charge in [-0.15, -0.1) is 11.3 Å². The first kappa shape index (κ1) is 15.5. The molecule has 1 aliphatic rings. The first-order valence-corrected chi connectivity index (χ1v) is 8.79. The van der Waals surface area contributed by atoms with E-state index >= 15 is 0 Å². The van der Waals surface area contributed by atoms with E-state index in [1.54, 1.807) is 0 Å². The van der Waals surface area contributed by atoms with Gasteiger partial charge in [0.2, 0.25) is 0 Å². The van der Waals surface area contributed by atoms with E-state index in [0.717, 1.165) is 12.5 Å². The van der Waals surface area contributed by atoms with Gasteiger partial charge in [-0.2, -0.15) is 0 Å². The maximum absolute atomic E-state index is 3.66. The van der Waals surface area contributed by atoms with E-state index in [0.29, 0.717) is 12.1 Å². The van der Waals surface area contributed by atoms with E-state index in [2.05, 4.69) is 60.0 Å². The van der Waals surface area contributed by atoms with Crippen LogP contribution in [0.25, 0.3) is 0 Å². The summed E-state index contributed by atoms with van der Waals surface area (Å²) in [7, 11) is 2.27. The lowest BCUT2D eigenvalue weighted by atomic mass is 9.88. The number of nitrogens with zero attached hydrogens (tertiary/aromatic N) is 1. The summed E-state index contributed by atoms with van der Waals surface area (Å²) < 4.78 is 1.27. The van der Waals surface area contributed by atoms with Crippen molar-refractivity contribution < 1.29 is 0 Å². The van der Waals surface area contributed by atoms with Crippen LogP contribution in [0.1, 0.15) is 42.5 Å². The van der Waals surface area contributed by atoms with Crippen molar-refractivity contribution in [2.45, 2.75) is 45.7 Å². The van der Waals surface area contributed by atoms with Gasteiger partial charge in [-0.25, -0.2) is 0 Å². The van der Waals surface area contributed by atoms with Crippen LogP contribution in [0.3, 0.4) is 0 Å². The SMILES string of the molecule is Cc1sc(C2C(CNC(C)C)CCCN2C)cc1Br. The minimum Gasteiger partial charge on any atom is -0.314 e. The van der Waals surface area contributed by atoms with Gasteiger partial charge >= 0.3 is 0 Å². The summed E-state index contributed by atoms with van der Waals surface area (Å²) in [6.07, 6.45) is 2.66. The summed E-state index contributed by atoms with van der Waals surface area (Å²) in [4.78, 5) is 5.44. The van der Waals surface area contributed by atoms with Gasteiger partial charge in [-0.05, 0) is 61.3 Å². The molecular weight excluding hydrogens is 320 g/mol. The molecule has 2 heterocycles. The molecule has 1 saturated heterocycles. The molecule has 1 fully saturated rings. The summed E-state index contributed by atoms with van der Waals surface area (Å²) in [5.74, 6) is 0.728. The number of piperidine rings is 1. The molecule has 0 aromatic carbocycles. The second-order valence-electron chi connectivity index (χ2n) is 5.94. The molecule has 19 heavy (non-hydrogen) atoms. The molecule has 2 rings (SSSR count). The Morgan fingerprint density at radius 3 is 2.84 bits per heavy atom. The molecule has 2 unspecified atom stereocenters. The lowest BCUT2D eigenvalue weighted by molar-refractivity contribution is 0.121. The fourth-order valence-corrected chi connectivity index (χ4v) is 4.76. The number of halogens is 1. The monoisotopic (exact) mass is 344 g/mol. The highest BCUT2D eigenvalue weighted by molar-refractivity contribution is 9.10. The fourth-order valence-electron chi connectivity index (χ4n) is 2.94. The standard InChI is InChI=1S/C15H25BrN2S/c1-10(2)17-9-12-6-5-7-18(4)15(12)14-8-13(16)11(3)19-14/h8,10,12,15,17H,5-7,9H2,1-4H3. The highest BCUT2D eigenvalue weighted by Crippen LogP contribution is 2.40. The first-order chi connectivity index (χ1) is 8.99. The first-order valence-electron chi connectivity index (χ1n) is 7.18. The number of likely N-dealkylation sites (tertiary alicyclic amines) is 1. The average Bonchev–Trinajstić information content (AvgIpc) is 2.66. The summed E-state index contributed by atoms with van der Waals surface area (Å²) in [6, 6.07) is 3.48. The molecule has 0 spiro atoms. The quantitative estimate of drug-likeness (QED) is 0.880. The Bertz CT molecular complexity index is 397. The van der Waals surface area contributed by atoms with Gasteiger partial charge in [0.25, 0.3) is 0 Å². The van der Waals surface area contributed by atoms with E-state index in [9.17, 15) is 0 Å². The van der Waals surface area contributed by atoms with E-state index in [-0.39, 0.29) is 0 Å². The van der Waals surface area contributed by atoms with Gasteiger partial charge in [0.15, 0.2) is 0 Å². The maximum atomic E-state index is 3.66.